The molecular formula is C20H23Cl2N3O. The lowest BCUT2D eigenvalue weighted by Crippen LogP contribution is -2.45. The summed E-state index contributed by atoms with van der Waals surface area (Å²) in [6, 6.07) is 13.5. The standard InChI is InChI=1S/C20H23Cl2N3O/c1-14-2-7-19(18(22)12-14)24-20(26)23-17-8-10-25(11-9-17)13-15-3-5-16(21)6-4-15/h2-7,12,17H,8-11,13H2,1H3,(H2,23,24,26). The third-order valence-electron chi connectivity index (χ3n) is 4.62. The predicted octanol–water partition coefficient (Wildman–Crippen LogP) is 5.09. The van der Waals surface area contributed by atoms with Gasteiger partial charge in [0.15, 0.2) is 0 Å². The molecule has 1 aliphatic heterocycles. The van der Waals surface area contributed by atoms with E-state index in [-0.39, 0.29) is 12.1 Å². The minimum Gasteiger partial charge on any atom is -0.335 e. The molecule has 1 aliphatic rings. The van der Waals surface area contributed by atoms with Gasteiger partial charge in [0, 0.05) is 30.7 Å². The number of nitrogens with one attached hydrogen (secondary N) is 2. The number of likely N-dealkylation sites (tertiary alicyclic amines) is 1. The van der Waals surface area contributed by atoms with Crippen LogP contribution in [0, 0.1) is 6.92 Å². The zero-order valence-electron chi connectivity index (χ0n) is 14.8. The second-order valence-electron chi connectivity index (χ2n) is 6.76. The van der Waals surface area contributed by atoms with Crippen molar-refractivity contribution < 1.29 is 4.79 Å². The molecule has 1 heterocycles. The molecule has 0 radical (unpaired) electrons. The fourth-order valence-corrected chi connectivity index (χ4v) is 3.56. The van der Waals surface area contributed by atoms with E-state index in [0.29, 0.717) is 10.7 Å². The van der Waals surface area contributed by atoms with Crippen LogP contribution in [0.25, 0.3) is 0 Å². The maximum Gasteiger partial charge on any atom is 0.319 e. The number of carbonyl (C=O) groups is 1. The molecule has 26 heavy (non-hydrogen) atoms. The van der Waals surface area contributed by atoms with Gasteiger partial charge in [-0.1, -0.05) is 41.4 Å². The zero-order valence-corrected chi connectivity index (χ0v) is 16.3. The van der Waals surface area contributed by atoms with Crippen LogP contribution in [0.3, 0.4) is 0 Å². The van der Waals surface area contributed by atoms with Crippen molar-refractivity contribution in [2.75, 3.05) is 18.4 Å². The zero-order chi connectivity index (χ0) is 18.5. The first-order valence-corrected chi connectivity index (χ1v) is 9.55. The summed E-state index contributed by atoms with van der Waals surface area (Å²) in [6.45, 7) is 4.79. The SMILES string of the molecule is Cc1ccc(NC(=O)NC2CCN(Cc3ccc(Cl)cc3)CC2)c(Cl)c1. The van der Waals surface area contributed by atoms with Crippen LogP contribution in [0.4, 0.5) is 10.5 Å². The van der Waals surface area contributed by atoms with Crippen LogP contribution in [0.2, 0.25) is 10.0 Å². The van der Waals surface area contributed by atoms with Gasteiger partial charge in [-0.25, -0.2) is 4.79 Å². The molecule has 2 amide bonds. The highest BCUT2D eigenvalue weighted by Crippen LogP contribution is 2.23. The van der Waals surface area contributed by atoms with Crippen LogP contribution in [0.1, 0.15) is 24.0 Å². The van der Waals surface area contributed by atoms with Crippen LogP contribution in [0.15, 0.2) is 42.5 Å². The van der Waals surface area contributed by atoms with Gasteiger partial charge in [0.2, 0.25) is 0 Å². The quantitative estimate of drug-likeness (QED) is 0.762. The molecule has 4 nitrogen and oxygen atoms in total. The second kappa shape index (κ2) is 8.76. The third kappa shape index (κ3) is 5.37. The van der Waals surface area contributed by atoms with E-state index in [0.717, 1.165) is 43.1 Å². The molecule has 1 saturated heterocycles. The lowest BCUT2D eigenvalue weighted by Gasteiger charge is -2.32. The van der Waals surface area contributed by atoms with Crippen molar-refractivity contribution in [3.8, 4) is 0 Å². The van der Waals surface area contributed by atoms with Crippen LogP contribution >= 0.6 is 23.2 Å². The van der Waals surface area contributed by atoms with Crippen molar-refractivity contribution >= 4 is 34.9 Å². The molecule has 0 unspecified atom stereocenters. The number of hydrogen-bond acceptors (Lipinski definition) is 2. The first-order chi connectivity index (χ1) is 12.5. The fraction of sp³-hybridized carbons (Fsp3) is 0.350. The third-order valence-corrected chi connectivity index (χ3v) is 5.18. The first-order valence-electron chi connectivity index (χ1n) is 8.80. The maximum absolute atomic E-state index is 12.2. The topological polar surface area (TPSA) is 44.4 Å². The Balaban J connectivity index is 1.44. The number of hydrogen-bond donors (Lipinski definition) is 2. The number of nitrogens with zero attached hydrogens (tertiary/aromatic N) is 1. The smallest absolute Gasteiger partial charge is 0.319 e. The van der Waals surface area contributed by atoms with Gasteiger partial charge in [0.1, 0.15) is 0 Å². The molecule has 138 valence electrons. The summed E-state index contributed by atoms with van der Waals surface area (Å²) in [7, 11) is 0. The Bertz CT molecular complexity index is 756. The number of benzene rings is 2. The van der Waals surface area contributed by atoms with Crippen molar-refractivity contribution in [1.82, 2.24) is 10.2 Å². The number of halogens is 2. The molecular weight excluding hydrogens is 369 g/mol. The van der Waals surface area contributed by atoms with Gasteiger partial charge in [0.05, 0.1) is 10.7 Å². The van der Waals surface area contributed by atoms with E-state index >= 15 is 0 Å². The minimum atomic E-state index is -0.202. The molecule has 1 fully saturated rings. The summed E-state index contributed by atoms with van der Waals surface area (Å²) in [5.41, 5.74) is 2.96. The monoisotopic (exact) mass is 391 g/mol. The first kappa shape index (κ1) is 19.0. The Morgan fingerprint density at radius 3 is 2.46 bits per heavy atom. The molecule has 2 aromatic carbocycles. The van der Waals surface area contributed by atoms with E-state index in [4.69, 9.17) is 23.2 Å². The van der Waals surface area contributed by atoms with Crippen LogP contribution in [-0.2, 0) is 6.54 Å². The predicted molar refractivity (Wildman–Crippen MR) is 108 cm³/mol. The van der Waals surface area contributed by atoms with Crippen molar-refractivity contribution in [3.05, 3.63) is 63.6 Å². The average molecular weight is 392 g/mol. The molecule has 0 spiro atoms. The maximum atomic E-state index is 12.2. The Kier molecular flexibility index (Phi) is 6.41. The number of aryl methyl sites for hydroxylation is 1. The summed E-state index contributed by atoms with van der Waals surface area (Å²) in [4.78, 5) is 14.6. The molecule has 0 bridgehead atoms. The molecule has 6 heteroatoms. The molecule has 2 N–H and O–H groups in total. The van der Waals surface area contributed by atoms with Gasteiger partial charge in [-0.05, 0) is 55.2 Å². The Labute approximate surface area is 164 Å². The summed E-state index contributed by atoms with van der Waals surface area (Å²) < 4.78 is 0. The summed E-state index contributed by atoms with van der Waals surface area (Å²) in [6.07, 6.45) is 1.87. The number of carbonyl (C=O) groups excluding carboxylic acids is 1. The number of piperidine rings is 1. The normalized spacial score (nSPS) is 15.7. The highest BCUT2D eigenvalue weighted by Gasteiger charge is 2.21. The Morgan fingerprint density at radius 2 is 1.81 bits per heavy atom. The Hall–Kier alpha value is -1.75. The fourth-order valence-electron chi connectivity index (χ4n) is 3.15. The van der Waals surface area contributed by atoms with Gasteiger partial charge < -0.3 is 10.6 Å². The van der Waals surface area contributed by atoms with E-state index in [2.05, 4.69) is 27.7 Å². The van der Waals surface area contributed by atoms with E-state index < -0.39 is 0 Å². The summed E-state index contributed by atoms with van der Waals surface area (Å²) in [5, 5.41) is 7.20. The van der Waals surface area contributed by atoms with E-state index in [1.54, 1.807) is 0 Å². The highest BCUT2D eigenvalue weighted by atomic mass is 35.5. The molecule has 3 rings (SSSR count). The minimum absolute atomic E-state index is 0.181. The Morgan fingerprint density at radius 1 is 1.12 bits per heavy atom. The van der Waals surface area contributed by atoms with Gasteiger partial charge in [0.25, 0.3) is 0 Å². The van der Waals surface area contributed by atoms with Crippen molar-refractivity contribution in [2.24, 2.45) is 0 Å². The lowest BCUT2D eigenvalue weighted by molar-refractivity contribution is 0.190. The van der Waals surface area contributed by atoms with Gasteiger partial charge in [-0.2, -0.15) is 0 Å². The number of amides is 2. The van der Waals surface area contributed by atoms with Crippen molar-refractivity contribution in [1.29, 1.82) is 0 Å². The molecule has 0 aromatic heterocycles. The summed E-state index contributed by atoms with van der Waals surface area (Å²) in [5.74, 6) is 0. The van der Waals surface area contributed by atoms with Crippen molar-refractivity contribution in [3.63, 3.8) is 0 Å². The number of urea groups is 1. The van der Waals surface area contributed by atoms with E-state index in [1.807, 2.05) is 37.3 Å². The van der Waals surface area contributed by atoms with Gasteiger partial charge >= 0.3 is 6.03 Å². The van der Waals surface area contributed by atoms with E-state index in [9.17, 15) is 4.79 Å². The molecule has 2 aromatic rings. The number of anilines is 1. The van der Waals surface area contributed by atoms with E-state index in [1.165, 1.54) is 5.56 Å². The molecule has 0 aliphatic carbocycles. The van der Waals surface area contributed by atoms with Crippen molar-refractivity contribution in [2.45, 2.75) is 32.4 Å². The second-order valence-corrected chi connectivity index (χ2v) is 7.60. The molecule has 0 saturated carbocycles. The largest absolute Gasteiger partial charge is 0.335 e. The van der Waals surface area contributed by atoms with Gasteiger partial charge in [-0.15, -0.1) is 0 Å². The average Bonchev–Trinajstić information content (AvgIpc) is 2.61. The summed E-state index contributed by atoms with van der Waals surface area (Å²) >= 11 is 12.1. The highest BCUT2D eigenvalue weighted by molar-refractivity contribution is 6.33. The van der Waals surface area contributed by atoms with Crippen LogP contribution in [0.5, 0.6) is 0 Å². The number of rotatable bonds is 4. The van der Waals surface area contributed by atoms with Crippen LogP contribution in [-0.4, -0.2) is 30.1 Å². The lowest BCUT2D eigenvalue weighted by atomic mass is 10.0. The van der Waals surface area contributed by atoms with Crippen LogP contribution < -0.4 is 10.6 Å². The molecule has 0 atom stereocenters. The van der Waals surface area contributed by atoms with Gasteiger partial charge in [-0.3, -0.25) is 4.90 Å².